The van der Waals surface area contributed by atoms with Crippen molar-refractivity contribution >= 4 is 21.1 Å². The molecule has 9 heteroatoms. The van der Waals surface area contributed by atoms with Gasteiger partial charge in [-0.05, 0) is 49.9 Å². The SMILES string of the molecule is Cn1c(=O)oc2ccc(S(=O)(=O)NCc3cc(C4CC4)n(C4CCCC4)n3)cc21. The molecule has 2 fully saturated rings. The minimum Gasteiger partial charge on any atom is -0.408 e. The van der Waals surface area contributed by atoms with Crippen LogP contribution in [-0.2, 0) is 23.6 Å². The Morgan fingerprint density at radius 3 is 2.66 bits per heavy atom. The van der Waals surface area contributed by atoms with Crippen molar-refractivity contribution < 1.29 is 12.8 Å². The summed E-state index contributed by atoms with van der Waals surface area (Å²) in [5, 5.41) is 4.75. The van der Waals surface area contributed by atoms with Gasteiger partial charge in [0.25, 0.3) is 0 Å². The van der Waals surface area contributed by atoms with Crippen LogP contribution in [0.5, 0.6) is 0 Å². The summed E-state index contributed by atoms with van der Waals surface area (Å²) in [6.45, 7) is 0.143. The van der Waals surface area contributed by atoms with Gasteiger partial charge >= 0.3 is 5.76 Å². The van der Waals surface area contributed by atoms with Gasteiger partial charge < -0.3 is 4.42 Å². The normalized spacial score (nSPS) is 18.1. The van der Waals surface area contributed by atoms with Crippen LogP contribution in [0.15, 0.2) is 38.4 Å². The molecule has 154 valence electrons. The molecule has 1 aromatic carbocycles. The molecule has 2 aromatic heterocycles. The first-order valence-electron chi connectivity index (χ1n) is 10.1. The lowest BCUT2D eigenvalue weighted by molar-refractivity contribution is 0.446. The first kappa shape index (κ1) is 18.6. The Kier molecular flexibility index (Phi) is 4.40. The van der Waals surface area contributed by atoms with Crippen LogP contribution >= 0.6 is 0 Å². The number of fused-ring (bicyclic) bond motifs is 1. The minimum absolute atomic E-state index is 0.0963. The molecule has 2 saturated carbocycles. The van der Waals surface area contributed by atoms with Gasteiger partial charge in [0, 0.05) is 18.7 Å². The zero-order chi connectivity index (χ0) is 20.2. The number of hydrogen-bond acceptors (Lipinski definition) is 5. The third-order valence-corrected chi connectivity index (χ3v) is 7.40. The van der Waals surface area contributed by atoms with Crippen molar-refractivity contribution in [2.24, 2.45) is 7.05 Å². The fourth-order valence-corrected chi connectivity index (χ4v) is 5.22. The summed E-state index contributed by atoms with van der Waals surface area (Å²) in [7, 11) is -2.19. The summed E-state index contributed by atoms with van der Waals surface area (Å²) < 4.78 is 36.8. The topological polar surface area (TPSA) is 99.1 Å². The van der Waals surface area contributed by atoms with Crippen LogP contribution in [0, 0.1) is 0 Å². The predicted octanol–water partition coefficient (Wildman–Crippen LogP) is 2.80. The van der Waals surface area contributed by atoms with Crippen molar-refractivity contribution in [2.45, 2.75) is 61.9 Å². The Morgan fingerprint density at radius 1 is 1.17 bits per heavy atom. The first-order chi connectivity index (χ1) is 13.9. The maximum Gasteiger partial charge on any atom is 0.419 e. The maximum atomic E-state index is 12.8. The summed E-state index contributed by atoms with van der Waals surface area (Å²) >= 11 is 0. The largest absolute Gasteiger partial charge is 0.419 e. The zero-order valence-corrected chi connectivity index (χ0v) is 17.1. The Hall–Kier alpha value is -2.39. The molecule has 0 radical (unpaired) electrons. The summed E-state index contributed by atoms with van der Waals surface area (Å²) in [5.41, 5.74) is 2.81. The minimum atomic E-state index is -3.74. The van der Waals surface area contributed by atoms with Crippen LogP contribution in [0.1, 0.15) is 61.9 Å². The molecule has 2 aliphatic carbocycles. The molecule has 2 heterocycles. The number of aryl methyl sites for hydroxylation is 1. The summed E-state index contributed by atoms with van der Waals surface area (Å²) in [5.74, 6) is 0.0470. The average Bonchev–Trinajstić information content (AvgIpc) is 3.12. The Bertz CT molecular complexity index is 1230. The molecule has 0 atom stereocenters. The van der Waals surface area contributed by atoms with Crippen molar-refractivity contribution in [3.05, 3.63) is 46.2 Å². The molecule has 5 rings (SSSR count). The lowest BCUT2D eigenvalue weighted by Gasteiger charge is -2.13. The number of hydrogen-bond donors (Lipinski definition) is 1. The van der Waals surface area contributed by atoms with Crippen LogP contribution in [0.25, 0.3) is 11.1 Å². The third-order valence-electron chi connectivity index (χ3n) is 6.00. The van der Waals surface area contributed by atoms with Gasteiger partial charge in [-0.1, -0.05) is 12.8 Å². The molecular formula is C20H24N4O4S. The van der Waals surface area contributed by atoms with E-state index < -0.39 is 15.8 Å². The number of nitrogens with one attached hydrogen (secondary N) is 1. The van der Waals surface area contributed by atoms with E-state index >= 15 is 0 Å². The summed E-state index contributed by atoms with van der Waals surface area (Å²) in [6.07, 6.45) is 7.14. The van der Waals surface area contributed by atoms with Crippen LogP contribution in [0.4, 0.5) is 0 Å². The molecule has 0 saturated heterocycles. The fourth-order valence-electron chi connectivity index (χ4n) is 4.20. The molecule has 0 aliphatic heterocycles. The summed E-state index contributed by atoms with van der Waals surface area (Å²) in [6, 6.07) is 6.91. The lowest BCUT2D eigenvalue weighted by Crippen LogP contribution is -2.23. The first-order valence-corrected chi connectivity index (χ1v) is 11.6. The second-order valence-electron chi connectivity index (χ2n) is 8.10. The highest BCUT2D eigenvalue weighted by Crippen LogP contribution is 2.43. The monoisotopic (exact) mass is 416 g/mol. The van der Waals surface area contributed by atoms with E-state index in [9.17, 15) is 13.2 Å². The van der Waals surface area contributed by atoms with Crippen LogP contribution in [-0.4, -0.2) is 22.8 Å². The average molecular weight is 417 g/mol. The smallest absolute Gasteiger partial charge is 0.408 e. The van der Waals surface area contributed by atoms with Gasteiger partial charge in [-0.2, -0.15) is 5.10 Å². The number of sulfonamides is 1. The Morgan fingerprint density at radius 2 is 1.93 bits per heavy atom. The van der Waals surface area contributed by atoms with Gasteiger partial charge in [-0.25, -0.2) is 17.9 Å². The van der Waals surface area contributed by atoms with Crippen LogP contribution in [0.2, 0.25) is 0 Å². The van der Waals surface area contributed by atoms with E-state index in [-0.39, 0.29) is 11.4 Å². The molecule has 0 unspecified atom stereocenters. The zero-order valence-electron chi connectivity index (χ0n) is 16.3. The molecule has 0 spiro atoms. The van der Waals surface area contributed by atoms with Gasteiger partial charge in [0.2, 0.25) is 10.0 Å². The Labute approximate surface area is 168 Å². The highest BCUT2D eigenvalue weighted by atomic mass is 32.2. The molecule has 0 bridgehead atoms. The van der Waals surface area contributed by atoms with E-state index in [1.165, 1.54) is 54.1 Å². The molecule has 1 N–H and O–H groups in total. The Balaban J connectivity index is 1.38. The number of oxazole rings is 1. The third kappa shape index (κ3) is 3.42. The molecule has 29 heavy (non-hydrogen) atoms. The predicted molar refractivity (Wildman–Crippen MR) is 107 cm³/mol. The number of aromatic nitrogens is 3. The standard InChI is InChI=1S/C20H24N4O4S/c1-23-18-11-16(8-9-19(18)28-20(23)25)29(26,27)21-12-14-10-17(13-6-7-13)24(22-14)15-4-2-3-5-15/h8-11,13,15,21H,2-7,12H2,1H3. The number of rotatable bonds is 6. The second kappa shape index (κ2) is 6.84. The molecule has 0 amide bonds. The fraction of sp³-hybridized carbons (Fsp3) is 0.500. The van der Waals surface area contributed by atoms with Gasteiger partial charge in [0.1, 0.15) is 0 Å². The van der Waals surface area contributed by atoms with E-state index in [2.05, 4.69) is 15.5 Å². The van der Waals surface area contributed by atoms with E-state index in [1.54, 1.807) is 7.05 Å². The quantitative estimate of drug-likeness (QED) is 0.666. The van der Waals surface area contributed by atoms with Crippen LogP contribution < -0.4 is 10.5 Å². The molecular weight excluding hydrogens is 392 g/mol. The van der Waals surface area contributed by atoms with E-state index in [0.29, 0.717) is 23.1 Å². The van der Waals surface area contributed by atoms with Crippen molar-refractivity contribution in [1.82, 2.24) is 19.1 Å². The van der Waals surface area contributed by atoms with Gasteiger partial charge in [0.15, 0.2) is 5.58 Å². The van der Waals surface area contributed by atoms with Crippen molar-refractivity contribution in [3.8, 4) is 0 Å². The molecule has 2 aliphatic rings. The number of nitrogens with zero attached hydrogens (tertiary/aromatic N) is 3. The molecule has 3 aromatic rings. The highest BCUT2D eigenvalue weighted by Gasteiger charge is 2.31. The number of benzene rings is 1. The van der Waals surface area contributed by atoms with Crippen molar-refractivity contribution in [2.75, 3.05) is 0 Å². The van der Waals surface area contributed by atoms with E-state index in [1.807, 2.05) is 0 Å². The van der Waals surface area contributed by atoms with Gasteiger partial charge in [-0.3, -0.25) is 9.25 Å². The lowest BCUT2D eigenvalue weighted by atomic mass is 10.2. The van der Waals surface area contributed by atoms with Crippen molar-refractivity contribution in [3.63, 3.8) is 0 Å². The summed E-state index contributed by atoms with van der Waals surface area (Å²) in [4.78, 5) is 11.7. The second-order valence-corrected chi connectivity index (χ2v) is 9.87. The maximum absolute atomic E-state index is 12.8. The van der Waals surface area contributed by atoms with E-state index in [0.717, 1.165) is 18.5 Å². The van der Waals surface area contributed by atoms with Gasteiger partial charge in [0.05, 0.1) is 28.7 Å². The van der Waals surface area contributed by atoms with Crippen LogP contribution in [0.3, 0.4) is 0 Å². The van der Waals surface area contributed by atoms with Crippen molar-refractivity contribution in [1.29, 1.82) is 0 Å². The molecule has 8 nitrogen and oxygen atoms in total. The highest BCUT2D eigenvalue weighted by molar-refractivity contribution is 7.89. The van der Waals surface area contributed by atoms with Gasteiger partial charge in [-0.15, -0.1) is 0 Å². The van der Waals surface area contributed by atoms with E-state index in [4.69, 9.17) is 9.52 Å².